The van der Waals surface area contributed by atoms with Gasteiger partial charge in [-0.25, -0.2) is 8.78 Å². The number of hydrogen-bond acceptors (Lipinski definition) is 6. The standard InChI is InChI=1S/C36H47F2N5O6/c1-23(10-13-33(47)48)41-31(45)14-16-40-35(49)29(39)15-17-43(32(46)22-44)34(36(2,3)4)30-18-25(27-19-26(37)11-12-28(27)38)21-42(30)20-24-8-6-5-7-9-24/h5-9,11-12,18-19,21,23,29,34,44H,10,13-17,20,22,39H2,1-4H3,(H,40,49)(H,41,45)(H,47,48). The molecule has 0 radical (unpaired) electrons. The summed E-state index contributed by atoms with van der Waals surface area (Å²) in [5.74, 6) is -3.66. The van der Waals surface area contributed by atoms with E-state index in [-0.39, 0.29) is 56.3 Å². The Morgan fingerprint density at radius 3 is 2.33 bits per heavy atom. The SMILES string of the molecule is CC(CCC(=O)O)NC(=O)CCNC(=O)C(N)CCN(C(=O)CO)C(c1cc(-c2cc(F)ccc2F)cn1Cc1ccccc1)C(C)(C)C. The second kappa shape index (κ2) is 17.7. The first kappa shape index (κ1) is 38.8. The maximum Gasteiger partial charge on any atom is 0.303 e. The normalized spacial score (nSPS) is 13.3. The number of nitrogens with one attached hydrogen (secondary N) is 2. The fourth-order valence-electron chi connectivity index (χ4n) is 5.70. The van der Waals surface area contributed by atoms with Crippen molar-refractivity contribution in [1.82, 2.24) is 20.1 Å². The molecule has 0 bridgehead atoms. The van der Waals surface area contributed by atoms with E-state index >= 15 is 0 Å². The average molecular weight is 684 g/mol. The summed E-state index contributed by atoms with van der Waals surface area (Å²) in [5, 5.41) is 24.1. The molecule has 11 nitrogen and oxygen atoms in total. The number of aliphatic hydroxyl groups is 1. The van der Waals surface area contributed by atoms with Crippen LogP contribution in [0.4, 0.5) is 8.78 Å². The highest BCUT2D eigenvalue weighted by molar-refractivity contribution is 5.83. The van der Waals surface area contributed by atoms with Gasteiger partial charge in [-0.2, -0.15) is 0 Å². The second-order valence-corrected chi connectivity index (χ2v) is 13.2. The number of rotatable bonds is 17. The van der Waals surface area contributed by atoms with Crippen molar-refractivity contribution in [2.24, 2.45) is 11.1 Å². The van der Waals surface area contributed by atoms with Gasteiger partial charge >= 0.3 is 5.97 Å². The number of carboxylic acid groups (broad SMARTS) is 1. The summed E-state index contributed by atoms with van der Waals surface area (Å²) in [4.78, 5) is 50.6. The van der Waals surface area contributed by atoms with Gasteiger partial charge in [0.2, 0.25) is 17.7 Å². The molecule has 0 fully saturated rings. The third-order valence-corrected chi connectivity index (χ3v) is 8.10. The fraction of sp³-hybridized carbons (Fsp3) is 0.444. The first-order chi connectivity index (χ1) is 23.1. The number of carboxylic acids is 1. The van der Waals surface area contributed by atoms with Gasteiger partial charge in [-0.05, 0) is 55.0 Å². The minimum atomic E-state index is -1.06. The molecule has 2 aromatic carbocycles. The molecule has 266 valence electrons. The van der Waals surface area contributed by atoms with Crippen LogP contribution in [0.25, 0.3) is 11.1 Å². The van der Waals surface area contributed by atoms with Crippen LogP contribution in [0.15, 0.2) is 60.8 Å². The zero-order valence-corrected chi connectivity index (χ0v) is 28.4. The molecule has 3 amide bonds. The van der Waals surface area contributed by atoms with E-state index in [1.54, 1.807) is 19.2 Å². The van der Waals surface area contributed by atoms with E-state index in [1.165, 1.54) is 4.90 Å². The first-order valence-electron chi connectivity index (χ1n) is 16.2. The van der Waals surface area contributed by atoms with E-state index in [1.807, 2.05) is 55.7 Å². The first-order valence-corrected chi connectivity index (χ1v) is 16.2. The molecule has 0 aliphatic heterocycles. The zero-order chi connectivity index (χ0) is 36.3. The Balaban J connectivity index is 1.83. The van der Waals surface area contributed by atoms with Gasteiger partial charge in [0.15, 0.2) is 0 Å². The van der Waals surface area contributed by atoms with Gasteiger partial charge in [-0.1, -0.05) is 51.1 Å². The number of benzene rings is 2. The van der Waals surface area contributed by atoms with Gasteiger partial charge in [0, 0.05) is 61.5 Å². The Hall–Kier alpha value is -4.62. The van der Waals surface area contributed by atoms with Crippen molar-refractivity contribution in [1.29, 1.82) is 0 Å². The number of halogens is 2. The molecule has 13 heteroatoms. The van der Waals surface area contributed by atoms with Crippen molar-refractivity contribution < 1.29 is 38.2 Å². The van der Waals surface area contributed by atoms with Gasteiger partial charge in [0.05, 0.1) is 12.1 Å². The number of aromatic nitrogens is 1. The maximum atomic E-state index is 15.0. The minimum absolute atomic E-state index is 0.000334. The van der Waals surface area contributed by atoms with Gasteiger partial charge in [0.1, 0.15) is 18.2 Å². The lowest BCUT2D eigenvalue weighted by Gasteiger charge is -2.41. The van der Waals surface area contributed by atoms with Crippen LogP contribution in [0.1, 0.15) is 70.7 Å². The quantitative estimate of drug-likeness (QED) is 0.144. The predicted octanol–water partition coefficient (Wildman–Crippen LogP) is 3.98. The van der Waals surface area contributed by atoms with Gasteiger partial charge in [-0.3, -0.25) is 19.2 Å². The molecule has 3 rings (SSSR count). The van der Waals surface area contributed by atoms with Crippen molar-refractivity contribution in [3.05, 3.63) is 83.7 Å². The number of hydrogen-bond donors (Lipinski definition) is 5. The molecule has 0 aliphatic carbocycles. The summed E-state index contributed by atoms with van der Waals surface area (Å²) >= 11 is 0. The summed E-state index contributed by atoms with van der Waals surface area (Å²) in [7, 11) is 0. The predicted molar refractivity (Wildman–Crippen MR) is 181 cm³/mol. The molecule has 1 aromatic heterocycles. The molecule has 0 saturated carbocycles. The van der Waals surface area contributed by atoms with Crippen LogP contribution in [0.5, 0.6) is 0 Å². The van der Waals surface area contributed by atoms with Crippen molar-refractivity contribution in [2.75, 3.05) is 19.7 Å². The molecule has 1 heterocycles. The van der Waals surface area contributed by atoms with Crippen molar-refractivity contribution in [3.8, 4) is 11.1 Å². The van der Waals surface area contributed by atoms with Crippen LogP contribution in [0, 0.1) is 17.0 Å². The summed E-state index contributed by atoms with van der Waals surface area (Å²) in [6.07, 6.45) is 1.89. The van der Waals surface area contributed by atoms with Gasteiger partial charge < -0.3 is 36.0 Å². The molecule has 0 spiro atoms. The Kier molecular flexibility index (Phi) is 14.0. The van der Waals surface area contributed by atoms with E-state index in [0.29, 0.717) is 17.8 Å². The Bertz CT molecular complexity index is 1590. The number of carbonyl (C=O) groups is 4. The maximum absolute atomic E-state index is 15.0. The number of aliphatic carboxylic acids is 1. The summed E-state index contributed by atoms with van der Waals surface area (Å²) in [5.41, 5.74) is 7.58. The summed E-state index contributed by atoms with van der Waals surface area (Å²) in [6.45, 7) is 6.97. The van der Waals surface area contributed by atoms with Crippen LogP contribution in [0.2, 0.25) is 0 Å². The largest absolute Gasteiger partial charge is 0.481 e. The minimum Gasteiger partial charge on any atom is -0.481 e. The molecular formula is C36H47F2N5O6. The molecule has 3 unspecified atom stereocenters. The number of amides is 3. The lowest BCUT2D eigenvalue weighted by molar-refractivity contribution is -0.140. The van der Waals surface area contributed by atoms with Crippen LogP contribution in [-0.2, 0) is 25.7 Å². The summed E-state index contributed by atoms with van der Waals surface area (Å²) in [6, 6.07) is 12.4. The highest BCUT2D eigenvalue weighted by Crippen LogP contribution is 2.41. The number of carbonyl (C=O) groups excluding carboxylic acids is 3. The average Bonchev–Trinajstić information content (AvgIpc) is 3.44. The monoisotopic (exact) mass is 683 g/mol. The number of nitrogens with two attached hydrogens (primary N) is 1. The third-order valence-electron chi connectivity index (χ3n) is 8.10. The second-order valence-electron chi connectivity index (χ2n) is 13.2. The topological polar surface area (TPSA) is 167 Å². The van der Waals surface area contributed by atoms with Crippen molar-refractivity contribution in [3.63, 3.8) is 0 Å². The lowest BCUT2D eigenvalue weighted by atomic mass is 9.82. The zero-order valence-electron chi connectivity index (χ0n) is 28.4. The van der Waals surface area contributed by atoms with Crippen LogP contribution in [0.3, 0.4) is 0 Å². The van der Waals surface area contributed by atoms with Gasteiger partial charge in [-0.15, -0.1) is 0 Å². The van der Waals surface area contributed by atoms with E-state index in [2.05, 4.69) is 10.6 Å². The Morgan fingerprint density at radius 2 is 1.69 bits per heavy atom. The number of aliphatic hydroxyl groups excluding tert-OH is 1. The highest BCUT2D eigenvalue weighted by Gasteiger charge is 2.37. The fourth-order valence-corrected chi connectivity index (χ4v) is 5.70. The molecule has 3 aromatic rings. The number of nitrogens with zero attached hydrogens (tertiary/aromatic N) is 2. The highest BCUT2D eigenvalue weighted by atomic mass is 19.1. The van der Waals surface area contributed by atoms with E-state index in [4.69, 9.17) is 10.8 Å². The molecular weight excluding hydrogens is 636 g/mol. The van der Waals surface area contributed by atoms with Crippen LogP contribution in [-0.4, -0.2) is 75.2 Å². The van der Waals surface area contributed by atoms with E-state index in [0.717, 1.165) is 23.8 Å². The molecule has 0 saturated heterocycles. The van der Waals surface area contributed by atoms with E-state index < -0.39 is 53.5 Å². The third kappa shape index (κ3) is 11.5. The van der Waals surface area contributed by atoms with Crippen LogP contribution >= 0.6 is 0 Å². The summed E-state index contributed by atoms with van der Waals surface area (Å²) < 4.78 is 31.1. The molecule has 0 aliphatic rings. The lowest BCUT2D eigenvalue weighted by Crippen LogP contribution is -2.48. The smallest absolute Gasteiger partial charge is 0.303 e. The van der Waals surface area contributed by atoms with Crippen molar-refractivity contribution in [2.45, 2.75) is 78.0 Å². The Labute approximate surface area is 285 Å². The molecule has 6 N–H and O–H groups in total. The molecule has 49 heavy (non-hydrogen) atoms. The van der Waals surface area contributed by atoms with E-state index in [9.17, 15) is 33.1 Å². The van der Waals surface area contributed by atoms with Gasteiger partial charge in [0.25, 0.3) is 0 Å². The van der Waals surface area contributed by atoms with Crippen molar-refractivity contribution >= 4 is 23.7 Å². The Morgan fingerprint density at radius 1 is 1.00 bits per heavy atom. The molecule has 3 atom stereocenters. The van der Waals surface area contributed by atoms with Crippen LogP contribution < -0.4 is 16.4 Å².